The third-order valence-electron chi connectivity index (χ3n) is 6.60. The molecule has 1 aliphatic rings. The monoisotopic (exact) mass is 573 g/mol. The quantitative estimate of drug-likeness (QED) is 0.330. The van der Waals surface area contributed by atoms with Crippen LogP contribution in [0, 0.1) is 23.1 Å². The Morgan fingerprint density at radius 2 is 1.90 bits per heavy atom. The van der Waals surface area contributed by atoms with Crippen LogP contribution in [0.2, 0.25) is 0 Å². The van der Waals surface area contributed by atoms with Crippen LogP contribution in [0.15, 0.2) is 71.9 Å². The lowest BCUT2D eigenvalue weighted by atomic mass is 9.96. The second kappa shape index (κ2) is 11.1. The van der Waals surface area contributed by atoms with E-state index in [1.54, 1.807) is 6.92 Å². The fourth-order valence-electron chi connectivity index (χ4n) is 4.46. The lowest BCUT2D eigenvalue weighted by molar-refractivity contribution is -0.141. The molecule has 3 aromatic rings. The normalized spacial score (nSPS) is 16.9. The van der Waals surface area contributed by atoms with Crippen LogP contribution in [-0.4, -0.2) is 41.2 Å². The Morgan fingerprint density at radius 3 is 2.50 bits per heavy atom. The molecule has 13 heteroatoms. The van der Waals surface area contributed by atoms with Gasteiger partial charge in [0.15, 0.2) is 0 Å². The first-order valence-corrected chi connectivity index (χ1v) is 13.4. The van der Waals surface area contributed by atoms with Crippen molar-refractivity contribution in [3.63, 3.8) is 0 Å². The highest BCUT2D eigenvalue weighted by atomic mass is 32.2. The molecule has 1 aromatic carbocycles. The van der Waals surface area contributed by atoms with Crippen LogP contribution < -0.4 is 5.32 Å². The fourth-order valence-corrected chi connectivity index (χ4v) is 6.17. The summed E-state index contributed by atoms with van der Waals surface area (Å²) >= 11 is 0. The molecule has 2 atom stereocenters. The van der Waals surface area contributed by atoms with E-state index >= 15 is 0 Å². The van der Waals surface area contributed by atoms with Gasteiger partial charge in [0, 0.05) is 31.0 Å². The Kier molecular flexibility index (Phi) is 8.04. The van der Waals surface area contributed by atoms with E-state index in [-0.39, 0.29) is 34.8 Å². The van der Waals surface area contributed by atoms with E-state index in [4.69, 9.17) is 0 Å². The van der Waals surface area contributed by atoms with Crippen molar-refractivity contribution in [3.05, 3.63) is 89.6 Å². The van der Waals surface area contributed by atoms with Gasteiger partial charge >= 0.3 is 6.18 Å². The maximum Gasteiger partial charge on any atom is 0.433 e. The van der Waals surface area contributed by atoms with Gasteiger partial charge in [-0.1, -0.05) is 19.1 Å². The molecule has 0 bridgehead atoms. The molecular weight excluding hydrogens is 550 g/mol. The molecule has 0 radical (unpaired) electrons. The van der Waals surface area contributed by atoms with Crippen molar-refractivity contribution in [3.8, 4) is 17.3 Å². The third kappa shape index (κ3) is 5.88. The summed E-state index contributed by atoms with van der Waals surface area (Å²) in [6.07, 6.45) is -1.99. The summed E-state index contributed by atoms with van der Waals surface area (Å²) in [5.74, 6) is -1.96. The predicted octanol–water partition coefficient (Wildman–Crippen LogP) is 4.44. The van der Waals surface area contributed by atoms with E-state index in [1.165, 1.54) is 22.6 Å². The summed E-state index contributed by atoms with van der Waals surface area (Å²) in [5, 5.41) is 12.2. The molecule has 8 nitrogen and oxygen atoms in total. The lowest BCUT2D eigenvalue weighted by Crippen LogP contribution is -2.45. The zero-order valence-electron chi connectivity index (χ0n) is 21.1. The van der Waals surface area contributed by atoms with Crippen LogP contribution in [0.25, 0.3) is 11.3 Å². The minimum Gasteiger partial charge on any atom is -0.352 e. The minimum atomic E-state index is -4.60. The Bertz CT molecular complexity index is 1580. The van der Waals surface area contributed by atoms with Gasteiger partial charge in [-0.2, -0.15) is 22.7 Å². The van der Waals surface area contributed by atoms with Gasteiger partial charge in [-0.05, 0) is 54.4 Å². The number of nitrogens with zero attached hydrogens (tertiary/aromatic N) is 4. The van der Waals surface area contributed by atoms with Crippen LogP contribution >= 0.6 is 0 Å². The number of halogens is 4. The third-order valence-corrected chi connectivity index (χ3v) is 8.50. The molecule has 0 aliphatic carbocycles. The molecule has 0 spiro atoms. The number of benzene rings is 1. The van der Waals surface area contributed by atoms with Gasteiger partial charge in [-0.15, -0.1) is 0 Å². The topological polar surface area (TPSA) is 116 Å². The first-order chi connectivity index (χ1) is 18.8. The number of rotatable bonds is 7. The van der Waals surface area contributed by atoms with Gasteiger partial charge < -0.3 is 5.32 Å². The number of nitriles is 1. The van der Waals surface area contributed by atoms with E-state index in [2.05, 4.69) is 21.9 Å². The van der Waals surface area contributed by atoms with Crippen LogP contribution in [0.5, 0.6) is 0 Å². The minimum absolute atomic E-state index is 0.105. The maximum atomic E-state index is 13.3. The van der Waals surface area contributed by atoms with Crippen LogP contribution in [0.3, 0.4) is 0 Å². The van der Waals surface area contributed by atoms with Gasteiger partial charge in [0.25, 0.3) is 0 Å². The molecule has 4 rings (SSSR count). The molecule has 3 heterocycles. The molecule has 1 amide bonds. The summed E-state index contributed by atoms with van der Waals surface area (Å²) < 4.78 is 79.6. The van der Waals surface area contributed by atoms with Gasteiger partial charge in [-0.25, -0.2) is 12.8 Å². The second-order valence-electron chi connectivity index (χ2n) is 9.20. The van der Waals surface area contributed by atoms with Crippen LogP contribution in [0.1, 0.15) is 30.2 Å². The van der Waals surface area contributed by atoms with E-state index in [0.717, 1.165) is 36.5 Å². The van der Waals surface area contributed by atoms with Crippen molar-refractivity contribution in [2.45, 2.75) is 37.0 Å². The number of hydrogen-bond donors (Lipinski definition) is 1. The summed E-state index contributed by atoms with van der Waals surface area (Å²) in [4.78, 5) is 20.6. The number of aromatic nitrogens is 2. The second-order valence-corrected chi connectivity index (χ2v) is 11.1. The lowest BCUT2D eigenvalue weighted by Gasteiger charge is -2.29. The number of carbonyl (C=O) groups excluding carboxylic acids is 1. The van der Waals surface area contributed by atoms with Gasteiger partial charge in [0.05, 0.1) is 28.1 Å². The summed E-state index contributed by atoms with van der Waals surface area (Å²) in [6.45, 7) is 5.49. The van der Waals surface area contributed by atoms with Gasteiger partial charge in [0.2, 0.25) is 15.9 Å². The highest BCUT2D eigenvalue weighted by Crippen LogP contribution is 2.34. The van der Waals surface area contributed by atoms with Crippen LogP contribution in [0.4, 0.5) is 17.6 Å². The number of pyridine rings is 2. The number of carbonyl (C=O) groups is 1. The van der Waals surface area contributed by atoms with Crippen molar-refractivity contribution in [2.24, 2.45) is 5.92 Å². The Morgan fingerprint density at radius 1 is 1.20 bits per heavy atom. The van der Waals surface area contributed by atoms with E-state index in [0.29, 0.717) is 17.6 Å². The maximum absolute atomic E-state index is 13.3. The molecule has 1 fully saturated rings. The highest BCUT2D eigenvalue weighted by molar-refractivity contribution is 7.89. The average Bonchev–Trinajstić information content (AvgIpc) is 3.33. The fraction of sp³-hybridized carbons (Fsp3) is 0.259. The average molecular weight is 574 g/mol. The van der Waals surface area contributed by atoms with Crippen molar-refractivity contribution < 1.29 is 30.8 Å². The molecule has 1 saturated heterocycles. The summed E-state index contributed by atoms with van der Waals surface area (Å²) in [7, 11) is -4.04. The van der Waals surface area contributed by atoms with Crippen molar-refractivity contribution in [1.82, 2.24) is 19.6 Å². The summed E-state index contributed by atoms with van der Waals surface area (Å²) in [6, 6.07) is 9.00. The van der Waals surface area contributed by atoms with Gasteiger partial charge in [-0.3, -0.25) is 14.8 Å². The van der Waals surface area contributed by atoms with Crippen molar-refractivity contribution in [2.75, 3.05) is 6.54 Å². The number of amides is 1. The highest BCUT2D eigenvalue weighted by Gasteiger charge is 2.42. The Balaban J connectivity index is 1.52. The number of alkyl halides is 3. The van der Waals surface area contributed by atoms with Crippen molar-refractivity contribution >= 4 is 15.9 Å². The molecule has 2 aromatic heterocycles. The van der Waals surface area contributed by atoms with E-state index in [1.807, 2.05) is 6.07 Å². The Hall–Kier alpha value is -4.15. The molecular formula is C27H23F4N5O3S. The molecule has 208 valence electrons. The van der Waals surface area contributed by atoms with Gasteiger partial charge in [0.1, 0.15) is 17.6 Å². The zero-order chi connectivity index (χ0) is 29.2. The van der Waals surface area contributed by atoms with Crippen molar-refractivity contribution in [1.29, 1.82) is 5.26 Å². The number of nitrogens with one attached hydrogen (secondary N) is 1. The Labute approximate surface area is 228 Å². The molecule has 0 saturated carbocycles. The standard InChI is InChI=1S/C27H23F4N5O3S/c1-16-9-10-36(40(38,39)22-6-4-21(28)5-7-22)25(16)17(2)26(37)35-14-19-11-23(33-15-20(19)12-32)18-3-8-24(34-13-18)27(29,30)31/h3-8,11,13,15,17,25H,1,9-10,14H2,2H3,(H,35,37). The number of sulfonamides is 1. The predicted molar refractivity (Wildman–Crippen MR) is 136 cm³/mol. The smallest absolute Gasteiger partial charge is 0.352 e. The molecule has 1 aliphatic heterocycles. The SMILES string of the molecule is C=C1CCN(S(=O)(=O)c2ccc(F)cc2)C1C(C)C(=O)NCc1cc(-c2ccc(C(F)(F)F)nc2)ncc1C#N. The largest absolute Gasteiger partial charge is 0.433 e. The zero-order valence-corrected chi connectivity index (χ0v) is 21.9. The molecule has 2 unspecified atom stereocenters. The van der Waals surface area contributed by atoms with E-state index < -0.39 is 45.6 Å². The van der Waals surface area contributed by atoms with Crippen LogP contribution in [-0.2, 0) is 27.5 Å². The molecule has 40 heavy (non-hydrogen) atoms. The molecule has 1 N–H and O–H groups in total. The summed E-state index contributed by atoms with van der Waals surface area (Å²) in [5.41, 5.74) is 0.513. The number of hydrogen-bond acceptors (Lipinski definition) is 6. The van der Waals surface area contributed by atoms with E-state index in [9.17, 15) is 36.0 Å². The first kappa shape index (κ1) is 28.8. The first-order valence-electron chi connectivity index (χ1n) is 12.0.